The van der Waals surface area contributed by atoms with Crippen LogP contribution in [0.2, 0.25) is 0 Å². The fraction of sp³-hybridized carbons (Fsp3) is 0.875. The summed E-state index contributed by atoms with van der Waals surface area (Å²) >= 11 is 0. The van der Waals surface area contributed by atoms with Crippen LogP contribution < -0.4 is 5.73 Å². The van der Waals surface area contributed by atoms with Gasteiger partial charge in [0.05, 0.1) is 5.92 Å². The summed E-state index contributed by atoms with van der Waals surface area (Å²) in [5, 5.41) is 8.79. The molecule has 0 radical (unpaired) electrons. The van der Waals surface area contributed by atoms with E-state index >= 15 is 0 Å². The van der Waals surface area contributed by atoms with E-state index in [1.54, 1.807) is 0 Å². The Morgan fingerprint density at radius 2 is 2.17 bits per heavy atom. The van der Waals surface area contributed by atoms with Gasteiger partial charge in [0.15, 0.2) is 0 Å². The molecule has 1 rings (SSSR count). The summed E-state index contributed by atoms with van der Waals surface area (Å²) in [6.45, 7) is 1.84. The Balaban J connectivity index is 0.00000121. The van der Waals surface area contributed by atoms with Gasteiger partial charge in [-0.3, -0.25) is 4.79 Å². The molecule has 0 spiro atoms. The summed E-state index contributed by atoms with van der Waals surface area (Å²) in [7, 11) is 0. The lowest BCUT2D eigenvalue weighted by Gasteiger charge is -2.35. The Morgan fingerprint density at radius 1 is 1.58 bits per heavy atom. The Hall–Kier alpha value is -0.280. The third kappa shape index (κ3) is 2.35. The fourth-order valence-electron chi connectivity index (χ4n) is 1.76. The van der Waals surface area contributed by atoms with Crippen LogP contribution in [-0.4, -0.2) is 16.6 Å². The van der Waals surface area contributed by atoms with Crippen LogP contribution in [0.5, 0.6) is 0 Å². The first-order valence-electron chi connectivity index (χ1n) is 4.06. The molecular weight excluding hydrogens is 178 g/mol. The van der Waals surface area contributed by atoms with E-state index in [0.29, 0.717) is 0 Å². The van der Waals surface area contributed by atoms with Gasteiger partial charge in [0.1, 0.15) is 0 Å². The van der Waals surface area contributed by atoms with Crippen molar-refractivity contribution in [2.24, 2.45) is 11.7 Å². The van der Waals surface area contributed by atoms with Crippen LogP contribution in [-0.2, 0) is 4.79 Å². The standard InChI is InChI=1S/C8H15NO2.ClH/c1-8(9)5-3-2-4-6(8)7(10)11;/h6H,2-5,9H2,1H3,(H,10,11);1H/t6-,8-;/m1./s1. The molecule has 1 fully saturated rings. The first kappa shape index (κ1) is 11.7. The number of aliphatic carboxylic acids is 1. The molecule has 0 aromatic rings. The van der Waals surface area contributed by atoms with Crippen LogP contribution in [0.3, 0.4) is 0 Å². The lowest BCUT2D eigenvalue weighted by atomic mass is 9.75. The second kappa shape index (κ2) is 4.10. The minimum absolute atomic E-state index is 0. The summed E-state index contributed by atoms with van der Waals surface area (Å²) in [4.78, 5) is 10.7. The minimum atomic E-state index is -0.741. The first-order chi connectivity index (χ1) is 5.04. The van der Waals surface area contributed by atoms with E-state index in [2.05, 4.69) is 0 Å². The lowest BCUT2D eigenvalue weighted by Crippen LogP contribution is -2.49. The molecule has 0 bridgehead atoms. The van der Waals surface area contributed by atoms with Crippen molar-refractivity contribution in [1.29, 1.82) is 0 Å². The van der Waals surface area contributed by atoms with Crippen LogP contribution in [0.25, 0.3) is 0 Å². The molecule has 12 heavy (non-hydrogen) atoms. The normalized spacial score (nSPS) is 35.3. The van der Waals surface area contributed by atoms with Crippen molar-refractivity contribution in [2.75, 3.05) is 0 Å². The van der Waals surface area contributed by atoms with Crippen molar-refractivity contribution in [3.8, 4) is 0 Å². The Labute approximate surface area is 78.7 Å². The van der Waals surface area contributed by atoms with Crippen LogP contribution in [0.15, 0.2) is 0 Å². The molecule has 2 atom stereocenters. The number of hydrogen-bond donors (Lipinski definition) is 2. The minimum Gasteiger partial charge on any atom is -0.481 e. The van der Waals surface area contributed by atoms with Crippen LogP contribution >= 0.6 is 12.4 Å². The molecule has 0 aromatic heterocycles. The molecule has 4 heteroatoms. The average Bonchev–Trinajstić information content (AvgIpc) is 1.85. The predicted octanol–water partition coefficient (Wildman–Crippen LogP) is 1.40. The van der Waals surface area contributed by atoms with Gasteiger partial charge in [0.2, 0.25) is 0 Å². The van der Waals surface area contributed by atoms with E-state index in [1.165, 1.54) is 0 Å². The van der Waals surface area contributed by atoms with Gasteiger partial charge in [-0.25, -0.2) is 0 Å². The number of carbonyl (C=O) groups is 1. The van der Waals surface area contributed by atoms with Crippen molar-refractivity contribution < 1.29 is 9.90 Å². The number of carboxylic acid groups (broad SMARTS) is 1. The number of carboxylic acids is 1. The summed E-state index contributed by atoms with van der Waals surface area (Å²) < 4.78 is 0. The third-order valence-corrected chi connectivity index (χ3v) is 2.55. The topological polar surface area (TPSA) is 63.3 Å². The summed E-state index contributed by atoms with van der Waals surface area (Å²) in [5.74, 6) is -1.08. The van der Waals surface area contributed by atoms with Gasteiger partial charge in [-0.05, 0) is 19.8 Å². The third-order valence-electron chi connectivity index (χ3n) is 2.55. The van der Waals surface area contributed by atoms with Gasteiger partial charge in [0, 0.05) is 5.54 Å². The van der Waals surface area contributed by atoms with Crippen molar-refractivity contribution >= 4 is 18.4 Å². The van der Waals surface area contributed by atoms with Gasteiger partial charge in [0.25, 0.3) is 0 Å². The van der Waals surface area contributed by atoms with Gasteiger partial charge in [-0.1, -0.05) is 12.8 Å². The van der Waals surface area contributed by atoms with Crippen LogP contribution in [0, 0.1) is 5.92 Å². The molecular formula is C8H16ClNO2. The van der Waals surface area contributed by atoms with E-state index in [-0.39, 0.29) is 18.3 Å². The molecule has 0 saturated heterocycles. The molecule has 0 aromatic carbocycles. The molecule has 3 nitrogen and oxygen atoms in total. The van der Waals surface area contributed by atoms with Gasteiger partial charge in [-0.15, -0.1) is 12.4 Å². The second-order valence-corrected chi connectivity index (χ2v) is 3.64. The van der Waals surface area contributed by atoms with Gasteiger partial charge < -0.3 is 10.8 Å². The molecule has 0 heterocycles. The lowest BCUT2D eigenvalue weighted by molar-refractivity contribution is -0.145. The average molecular weight is 194 g/mol. The summed E-state index contributed by atoms with van der Waals surface area (Å²) in [5.41, 5.74) is 5.36. The van der Waals surface area contributed by atoms with Gasteiger partial charge in [-0.2, -0.15) is 0 Å². The maximum atomic E-state index is 10.7. The Kier molecular flexibility index (Phi) is 4.00. The summed E-state index contributed by atoms with van der Waals surface area (Å²) in [6.07, 6.45) is 3.65. The predicted molar refractivity (Wildman–Crippen MR) is 49.4 cm³/mol. The maximum absolute atomic E-state index is 10.7. The number of rotatable bonds is 1. The van der Waals surface area contributed by atoms with E-state index < -0.39 is 11.5 Å². The molecule has 0 aliphatic heterocycles. The highest BCUT2D eigenvalue weighted by Gasteiger charge is 2.37. The van der Waals surface area contributed by atoms with Gasteiger partial charge >= 0.3 is 5.97 Å². The zero-order valence-corrected chi connectivity index (χ0v) is 8.06. The van der Waals surface area contributed by atoms with E-state index in [4.69, 9.17) is 10.8 Å². The molecule has 0 unspecified atom stereocenters. The monoisotopic (exact) mass is 193 g/mol. The molecule has 1 aliphatic carbocycles. The van der Waals surface area contributed by atoms with Crippen molar-refractivity contribution in [3.63, 3.8) is 0 Å². The smallest absolute Gasteiger partial charge is 0.308 e. The first-order valence-corrected chi connectivity index (χ1v) is 4.06. The quantitative estimate of drug-likeness (QED) is 0.662. The van der Waals surface area contributed by atoms with Crippen LogP contribution in [0.4, 0.5) is 0 Å². The SMILES string of the molecule is C[C@@]1(N)CCCC[C@@H]1C(=O)O.Cl. The summed E-state index contributed by atoms with van der Waals surface area (Å²) in [6, 6.07) is 0. The van der Waals surface area contributed by atoms with Crippen molar-refractivity contribution in [2.45, 2.75) is 38.1 Å². The zero-order chi connectivity index (χ0) is 8.48. The Bertz CT molecular complexity index is 170. The zero-order valence-electron chi connectivity index (χ0n) is 7.25. The van der Waals surface area contributed by atoms with Crippen LogP contribution in [0.1, 0.15) is 32.6 Å². The van der Waals surface area contributed by atoms with E-state index in [0.717, 1.165) is 25.7 Å². The molecule has 72 valence electrons. The molecule has 0 amide bonds. The highest BCUT2D eigenvalue weighted by Crippen LogP contribution is 2.31. The fourth-order valence-corrected chi connectivity index (χ4v) is 1.76. The highest BCUT2D eigenvalue weighted by atomic mass is 35.5. The highest BCUT2D eigenvalue weighted by molar-refractivity contribution is 5.85. The number of nitrogens with two attached hydrogens (primary N) is 1. The Morgan fingerprint density at radius 3 is 2.50 bits per heavy atom. The number of hydrogen-bond acceptors (Lipinski definition) is 2. The van der Waals surface area contributed by atoms with Crippen molar-refractivity contribution in [3.05, 3.63) is 0 Å². The second-order valence-electron chi connectivity index (χ2n) is 3.64. The largest absolute Gasteiger partial charge is 0.481 e. The number of halogens is 1. The van der Waals surface area contributed by atoms with Crippen molar-refractivity contribution in [1.82, 2.24) is 0 Å². The van der Waals surface area contributed by atoms with E-state index in [9.17, 15) is 4.79 Å². The molecule has 1 saturated carbocycles. The molecule has 3 N–H and O–H groups in total. The molecule has 1 aliphatic rings. The van der Waals surface area contributed by atoms with E-state index in [1.807, 2.05) is 6.92 Å². The maximum Gasteiger partial charge on any atom is 0.308 e.